The van der Waals surface area contributed by atoms with Gasteiger partial charge in [-0.3, -0.25) is 19.0 Å². The van der Waals surface area contributed by atoms with Gasteiger partial charge in [-0.25, -0.2) is 8.78 Å². The maximum atomic E-state index is 13.3. The van der Waals surface area contributed by atoms with Crippen LogP contribution in [-0.4, -0.2) is 61.1 Å². The summed E-state index contributed by atoms with van der Waals surface area (Å²) < 4.78 is 29.0. The molecule has 1 aliphatic carbocycles. The second kappa shape index (κ2) is 9.19. The van der Waals surface area contributed by atoms with Crippen LogP contribution in [0.15, 0.2) is 10.9 Å². The highest BCUT2D eigenvalue weighted by Gasteiger charge is 2.34. The number of aromatic hydroxyl groups is 1. The fraction of sp³-hybridized carbons (Fsp3) is 0.565. The Balaban J connectivity index is 1.79. The molecule has 0 aromatic carbocycles. The lowest BCUT2D eigenvalue weighted by Gasteiger charge is -2.22. The zero-order chi connectivity index (χ0) is 24.7. The van der Waals surface area contributed by atoms with E-state index in [-0.39, 0.29) is 42.7 Å². The number of halogens is 2. The maximum absolute atomic E-state index is 13.3. The summed E-state index contributed by atoms with van der Waals surface area (Å²) in [6, 6.07) is -1.12. The number of hydrogen-bond acceptors (Lipinski definition) is 5. The molecule has 1 saturated heterocycles. The lowest BCUT2D eigenvalue weighted by molar-refractivity contribution is -0.129. The molecule has 0 bridgehead atoms. The summed E-state index contributed by atoms with van der Waals surface area (Å²) in [4.78, 5) is 39.7. The lowest BCUT2D eigenvalue weighted by atomic mass is 10.1. The van der Waals surface area contributed by atoms with Gasteiger partial charge in [0.2, 0.25) is 11.8 Å². The van der Waals surface area contributed by atoms with Crippen molar-refractivity contribution >= 4 is 23.5 Å². The number of likely N-dealkylation sites (tertiary alicyclic amines) is 1. The van der Waals surface area contributed by atoms with Gasteiger partial charge in [0.1, 0.15) is 5.65 Å². The lowest BCUT2D eigenvalue weighted by Crippen LogP contribution is -2.38. The third kappa shape index (κ3) is 4.43. The van der Waals surface area contributed by atoms with E-state index in [4.69, 9.17) is 0 Å². The van der Waals surface area contributed by atoms with E-state index in [0.29, 0.717) is 17.7 Å². The first kappa shape index (κ1) is 23.9. The number of rotatable bonds is 7. The number of carbonyl (C=O) groups excluding carboxylic acids is 2. The number of carbonyl (C=O) groups is 2. The number of amides is 2. The second-order valence-electron chi connectivity index (χ2n) is 9.40. The zero-order valence-electron chi connectivity index (χ0n) is 19.4. The van der Waals surface area contributed by atoms with Gasteiger partial charge < -0.3 is 15.3 Å². The molecule has 0 spiro atoms. The highest BCUT2D eigenvalue weighted by atomic mass is 19.3. The van der Waals surface area contributed by atoms with E-state index in [0.717, 1.165) is 22.3 Å². The van der Waals surface area contributed by atoms with Crippen molar-refractivity contribution in [2.75, 3.05) is 6.54 Å². The van der Waals surface area contributed by atoms with Crippen molar-refractivity contribution in [3.8, 4) is 5.88 Å². The standard InChI is InChI=1S/C23H29F2N5O4/c1-12(2)11-29-21-15(8-9-17(31)28-10-4-5-16(28)19(24)25)13(3)27-30(21)23(34)18(22(29)33)20(32)26-14-6-7-14/h8-9,12,14,16,19,33H,4-7,10-11H2,1-3H3,(H,26,32)/b9-8+/t16-/m0/s1. The Hall–Kier alpha value is -3.24. The van der Waals surface area contributed by atoms with Crippen LogP contribution in [0.2, 0.25) is 0 Å². The average Bonchev–Trinajstić information content (AvgIpc) is 3.31. The first-order chi connectivity index (χ1) is 16.1. The van der Waals surface area contributed by atoms with Gasteiger partial charge in [-0.2, -0.15) is 9.61 Å². The minimum absolute atomic E-state index is 0.00735. The predicted octanol–water partition coefficient (Wildman–Crippen LogP) is 2.33. The Morgan fingerprint density at radius 1 is 1.26 bits per heavy atom. The topological polar surface area (TPSA) is 109 Å². The Morgan fingerprint density at radius 2 is 1.97 bits per heavy atom. The molecule has 2 aromatic rings. The highest BCUT2D eigenvalue weighted by Crippen LogP contribution is 2.27. The molecule has 0 unspecified atom stereocenters. The molecule has 2 N–H and O–H groups in total. The molecule has 1 atom stereocenters. The van der Waals surface area contributed by atoms with E-state index < -0.39 is 35.7 Å². The molecule has 9 nitrogen and oxygen atoms in total. The van der Waals surface area contributed by atoms with Crippen molar-refractivity contribution < 1.29 is 23.5 Å². The summed E-state index contributed by atoms with van der Waals surface area (Å²) in [7, 11) is 0. The van der Waals surface area contributed by atoms with Crippen LogP contribution in [0.1, 0.15) is 61.1 Å². The van der Waals surface area contributed by atoms with E-state index in [1.165, 1.54) is 16.7 Å². The number of aromatic nitrogens is 3. The monoisotopic (exact) mass is 477 g/mol. The van der Waals surface area contributed by atoms with Crippen LogP contribution in [0, 0.1) is 12.8 Å². The smallest absolute Gasteiger partial charge is 0.291 e. The van der Waals surface area contributed by atoms with E-state index in [2.05, 4.69) is 10.4 Å². The normalized spacial score (nSPS) is 18.7. The molecule has 1 saturated carbocycles. The van der Waals surface area contributed by atoms with Gasteiger partial charge in [0.15, 0.2) is 5.56 Å². The molecule has 0 radical (unpaired) electrons. The van der Waals surface area contributed by atoms with Crippen molar-refractivity contribution in [3.05, 3.63) is 33.3 Å². The van der Waals surface area contributed by atoms with Gasteiger partial charge in [0.05, 0.1) is 11.7 Å². The van der Waals surface area contributed by atoms with Crippen molar-refractivity contribution in [3.63, 3.8) is 0 Å². The van der Waals surface area contributed by atoms with Crippen LogP contribution in [0.5, 0.6) is 5.88 Å². The Morgan fingerprint density at radius 3 is 2.59 bits per heavy atom. The maximum Gasteiger partial charge on any atom is 0.291 e. The molecule has 1 aliphatic heterocycles. The molecule has 2 fully saturated rings. The molecular weight excluding hydrogens is 448 g/mol. The summed E-state index contributed by atoms with van der Waals surface area (Å²) in [5.74, 6) is -1.63. The number of nitrogens with one attached hydrogen (secondary N) is 1. The van der Waals surface area contributed by atoms with Crippen LogP contribution >= 0.6 is 0 Å². The van der Waals surface area contributed by atoms with E-state index in [1.54, 1.807) is 6.92 Å². The summed E-state index contributed by atoms with van der Waals surface area (Å²) in [5.41, 5.74) is -0.136. The fourth-order valence-corrected chi connectivity index (χ4v) is 4.36. The van der Waals surface area contributed by atoms with E-state index >= 15 is 0 Å². The summed E-state index contributed by atoms with van der Waals surface area (Å²) in [5, 5.41) is 18.0. The SMILES string of the molecule is Cc1nn2c(=O)c(C(=O)NC3CC3)c(O)n(CC(C)C)c2c1/C=C/C(=O)N1CCC[C@H]1C(F)F. The molecule has 11 heteroatoms. The minimum Gasteiger partial charge on any atom is -0.494 e. The number of nitrogens with zero attached hydrogens (tertiary/aromatic N) is 4. The van der Waals surface area contributed by atoms with Gasteiger partial charge in [-0.1, -0.05) is 13.8 Å². The van der Waals surface area contributed by atoms with Gasteiger partial charge in [0.25, 0.3) is 17.9 Å². The van der Waals surface area contributed by atoms with Crippen LogP contribution in [0.3, 0.4) is 0 Å². The summed E-state index contributed by atoms with van der Waals surface area (Å²) in [6.45, 7) is 5.99. The third-order valence-corrected chi connectivity index (χ3v) is 6.18. The molecular formula is C23H29F2N5O4. The van der Waals surface area contributed by atoms with Crippen molar-refractivity contribution in [1.29, 1.82) is 0 Å². The molecule has 4 rings (SSSR count). The third-order valence-electron chi connectivity index (χ3n) is 6.18. The van der Waals surface area contributed by atoms with E-state index in [9.17, 15) is 28.3 Å². The first-order valence-electron chi connectivity index (χ1n) is 11.5. The summed E-state index contributed by atoms with van der Waals surface area (Å²) >= 11 is 0. The van der Waals surface area contributed by atoms with Crippen LogP contribution in [0.25, 0.3) is 11.7 Å². The first-order valence-corrected chi connectivity index (χ1v) is 11.5. The van der Waals surface area contributed by atoms with Crippen LogP contribution in [0.4, 0.5) is 8.78 Å². The summed E-state index contributed by atoms with van der Waals surface area (Å²) in [6.07, 6.45) is 2.41. The minimum atomic E-state index is -2.62. The Bertz CT molecular complexity index is 1210. The number of hydrogen-bond donors (Lipinski definition) is 2. The molecule has 2 amide bonds. The van der Waals surface area contributed by atoms with Gasteiger partial charge in [-0.15, -0.1) is 0 Å². The van der Waals surface area contributed by atoms with Crippen molar-refractivity contribution in [2.24, 2.45) is 5.92 Å². The predicted molar refractivity (Wildman–Crippen MR) is 121 cm³/mol. The fourth-order valence-electron chi connectivity index (χ4n) is 4.36. The van der Waals surface area contributed by atoms with Crippen LogP contribution < -0.4 is 10.9 Å². The number of aryl methyl sites for hydroxylation is 1. The second-order valence-corrected chi connectivity index (χ2v) is 9.40. The molecule has 2 aliphatic rings. The number of alkyl halides is 2. The van der Waals surface area contributed by atoms with E-state index in [1.807, 2.05) is 13.8 Å². The number of fused-ring (bicyclic) bond motifs is 1. The molecule has 3 heterocycles. The van der Waals surface area contributed by atoms with Crippen molar-refractivity contribution in [2.45, 2.75) is 71.5 Å². The van der Waals surface area contributed by atoms with Gasteiger partial charge in [0, 0.05) is 30.8 Å². The highest BCUT2D eigenvalue weighted by molar-refractivity contribution is 5.97. The Labute approximate surface area is 195 Å². The molecule has 34 heavy (non-hydrogen) atoms. The Kier molecular flexibility index (Phi) is 6.46. The van der Waals surface area contributed by atoms with Crippen molar-refractivity contribution in [1.82, 2.24) is 24.4 Å². The quantitative estimate of drug-likeness (QED) is 0.595. The average molecular weight is 478 g/mol. The zero-order valence-corrected chi connectivity index (χ0v) is 19.4. The van der Waals surface area contributed by atoms with Crippen LogP contribution in [-0.2, 0) is 11.3 Å². The molecule has 2 aromatic heterocycles. The largest absolute Gasteiger partial charge is 0.494 e. The molecule has 184 valence electrons. The van der Waals surface area contributed by atoms with Gasteiger partial charge in [-0.05, 0) is 44.6 Å². The van der Waals surface area contributed by atoms with Gasteiger partial charge >= 0.3 is 0 Å².